The summed E-state index contributed by atoms with van der Waals surface area (Å²) >= 11 is 6.10. The molecule has 0 radical (unpaired) electrons. The second-order valence-corrected chi connectivity index (χ2v) is 9.75. The standard InChI is InChI=1S/C17H23ClN2O4S/c1-24-14-3-2-12(10-13(14)18)25(22,23)17(15(19)21)5-4-16(11-17)6-8-20-9-7-16/h2-3,10,20H,4-9,11H2,1H3,(H2,19,21). The average molecular weight is 387 g/mol. The zero-order valence-electron chi connectivity index (χ0n) is 14.2. The van der Waals surface area contributed by atoms with Gasteiger partial charge in [0.05, 0.1) is 17.0 Å². The Morgan fingerprint density at radius 1 is 1.24 bits per heavy atom. The monoisotopic (exact) mass is 386 g/mol. The van der Waals surface area contributed by atoms with E-state index in [2.05, 4.69) is 5.32 Å². The zero-order valence-corrected chi connectivity index (χ0v) is 15.8. The molecule has 1 aliphatic heterocycles. The number of piperidine rings is 1. The lowest BCUT2D eigenvalue weighted by molar-refractivity contribution is -0.120. The van der Waals surface area contributed by atoms with Crippen LogP contribution in [0.15, 0.2) is 23.1 Å². The largest absolute Gasteiger partial charge is 0.495 e. The minimum Gasteiger partial charge on any atom is -0.495 e. The van der Waals surface area contributed by atoms with E-state index >= 15 is 0 Å². The van der Waals surface area contributed by atoms with Crippen LogP contribution in [0, 0.1) is 5.41 Å². The predicted molar refractivity (Wildman–Crippen MR) is 95.5 cm³/mol. The number of carbonyl (C=O) groups excluding carboxylic acids is 1. The number of halogens is 1. The molecule has 1 spiro atoms. The van der Waals surface area contributed by atoms with Crippen LogP contribution in [-0.2, 0) is 14.6 Å². The first-order valence-corrected chi connectivity index (χ1v) is 10.2. The molecule has 25 heavy (non-hydrogen) atoms. The van der Waals surface area contributed by atoms with E-state index in [1.807, 2.05) is 0 Å². The molecule has 1 amide bonds. The quantitative estimate of drug-likeness (QED) is 0.823. The fraction of sp³-hybridized carbons (Fsp3) is 0.588. The summed E-state index contributed by atoms with van der Waals surface area (Å²) in [6.45, 7) is 1.67. The summed E-state index contributed by atoms with van der Waals surface area (Å²) in [5, 5.41) is 3.48. The van der Waals surface area contributed by atoms with E-state index in [1.54, 1.807) is 0 Å². The molecule has 0 bridgehead atoms. The molecular formula is C17H23ClN2O4S. The summed E-state index contributed by atoms with van der Waals surface area (Å²) in [6.07, 6.45) is 2.96. The highest BCUT2D eigenvalue weighted by atomic mass is 35.5. The maximum atomic E-state index is 13.4. The van der Waals surface area contributed by atoms with E-state index < -0.39 is 20.5 Å². The van der Waals surface area contributed by atoms with Crippen LogP contribution in [0.1, 0.15) is 32.1 Å². The number of carbonyl (C=O) groups is 1. The first-order chi connectivity index (χ1) is 11.8. The van der Waals surface area contributed by atoms with Gasteiger partial charge in [-0.15, -0.1) is 0 Å². The summed E-state index contributed by atoms with van der Waals surface area (Å²) in [6, 6.07) is 4.27. The van der Waals surface area contributed by atoms with Gasteiger partial charge in [0.1, 0.15) is 5.75 Å². The zero-order chi connectivity index (χ0) is 18.3. The van der Waals surface area contributed by atoms with Gasteiger partial charge < -0.3 is 15.8 Å². The Labute approximate surface area is 153 Å². The molecule has 2 fully saturated rings. The maximum Gasteiger partial charge on any atom is 0.239 e. The first kappa shape index (κ1) is 18.5. The van der Waals surface area contributed by atoms with Crippen LogP contribution in [0.4, 0.5) is 0 Å². The number of nitrogens with two attached hydrogens (primary N) is 1. The molecule has 1 heterocycles. The van der Waals surface area contributed by atoms with Gasteiger partial charge in [-0.1, -0.05) is 11.6 Å². The Hall–Kier alpha value is -1.31. The van der Waals surface area contributed by atoms with Gasteiger partial charge in [0, 0.05) is 0 Å². The van der Waals surface area contributed by atoms with Crippen LogP contribution in [-0.4, -0.2) is 39.3 Å². The molecule has 6 nitrogen and oxygen atoms in total. The van der Waals surface area contributed by atoms with Crippen molar-refractivity contribution in [3.8, 4) is 5.75 Å². The van der Waals surface area contributed by atoms with Crippen LogP contribution in [0.3, 0.4) is 0 Å². The number of rotatable bonds is 4. The van der Waals surface area contributed by atoms with Crippen molar-refractivity contribution >= 4 is 27.3 Å². The molecular weight excluding hydrogens is 364 g/mol. The SMILES string of the molecule is COc1ccc(S(=O)(=O)C2(C(N)=O)CCC3(CCNCC3)C2)cc1Cl. The topological polar surface area (TPSA) is 98.5 Å². The molecule has 1 aromatic rings. The second-order valence-electron chi connectivity index (χ2n) is 7.09. The van der Waals surface area contributed by atoms with Crippen LogP contribution in [0.25, 0.3) is 0 Å². The molecule has 3 N–H and O–H groups in total. The molecule has 0 aromatic heterocycles. The highest BCUT2D eigenvalue weighted by Crippen LogP contribution is 2.54. The van der Waals surface area contributed by atoms with E-state index in [1.165, 1.54) is 25.3 Å². The molecule has 1 atom stereocenters. The summed E-state index contributed by atoms with van der Waals surface area (Å²) in [7, 11) is -2.50. The molecule has 1 saturated carbocycles. The Bertz CT molecular complexity index is 790. The number of hydrogen-bond acceptors (Lipinski definition) is 5. The lowest BCUT2D eigenvalue weighted by Gasteiger charge is -2.35. The number of hydrogen-bond donors (Lipinski definition) is 2. The van der Waals surface area contributed by atoms with Gasteiger partial charge in [-0.05, 0) is 68.8 Å². The first-order valence-electron chi connectivity index (χ1n) is 8.35. The molecule has 8 heteroatoms. The molecule has 1 unspecified atom stereocenters. The minimum absolute atomic E-state index is 0.0167. The summed E-state index contributed by atoms with van der Waals surface area (Å²) in [5.41, 5.74) is 5.51. The fourth-order valence-corrected chi connectivity index (χ4v) is 6.67. The maximum absolute atomic E-state index is 13.4. The van der Waals surface area contributed by atoms with Gasteiger partial charge in [-0.3, -0.25) is 4.79 Å². The van der Waals surface area contributed by atoms with E-state index in [0.29, 0.717) is 12.2 Å². The van der Waals surface area contributed by atoms with Crippen LogP contribution in [0.2, 0.25) is 5.02 Å². The normalized spacial score (nSPS) is 25.8. The Kier molecular flexibility index (Phi) is 4.77. The third-order valence-electron chi connectivity index (χ3n) is 5.78. The molecule has 3 rings (SSSR count). The number of benzene rings is 1. The van der Waals surface area contributed by atoms with Crippen molar-refractivity contribution in [3.63, 3.8) is 0 Å². The van der Waals surface area contributed by atoms with Gasteiger partial charge in [0.15, 0.2) is 14.6 Å². The van der Waals surface area contributed by atoms with Crippen LogP contribution < -0.4 is 15.8 Å². The van der Waals surface area contributed by atoms with E-state index in [-0.39, 0.29) is 28.2 Å². The fourth-order valence-electron chi connectivity index (χ4n) is 4.25. The molecule has 1 aromatic carbocycles. The predicted octanol–water partition coefficient (Wildman–Crippen LogP) is 1.90. The van der Waals surface area contributed by atoms with Gasteiger partial charge >= 0.3 is 0 Å². The number of amides is 1. The number of sulfone groups is 1. The number of nitrogens with one attached hydrogen (secondary N) is 1. The van der Waals surface area contributed by atoms with Crippen LogP contribution >= 0.6 is 11.6 Å². The van der Waals surface area contributed by atoms with Gasteiger partial charge in [0.2, 0.25) is 5.91 Å². The van der Waals surface area contributed by atoms with Crippen LogP contribution in [0.5, 0.6) is 5.75 Å². The highest BCUT2D eigenvalue weighted by molar-refractivity contribution is 7.93. The second kappa shape index (κ2) is 6.45. The van der Waals surface area contributed by atoms with Gasteiger partial charge in [0.25, 0.3) is 0 Å². The van der Waals surface area contributed by atoms with E-state index in [0.717, 1.165) is 25.9 Å². The van der Waals surface area contributed by atoms with Crippen molar-refractivity contribution in [3.05, 3.63) is 23.2 Å². The van der Waals surface area contributed by atoms with E-state index in [9.17, 15) is 13.2 Å². The average Bonchev–Trinajstić information content (AvgIpc) is 2.96. The van der Waals surface area contributed by atoms with Crippen molar-refractivity contribution in [2.75, 3.05) is 20.2 Å². The third-order valence-corrected chi connectivity index (χ3v) is 8.53. The van der Waals surface area contributed by atoms with Crippen molar-refractivity contribution in [2.24, 2.45) is 11.1 Å². The number of primary amides is 1. The van der Waals surface area contributed by atoms with Gasteiger partial charge in [-0.2, -0.15) is 0 Å². The molecule has 138 valence electrons. The van der Waals surface area contributed by atoms with Crippen molar-refractivity contribution in [1.29, 1.82) is 0 Å². The third kappa shape index (κ3) is 2.92. The number of methoxy groups -OCH3 is 1. The van der Waals surface area contributed by atoms with Crippen molar-refractivity contribution in [1.82, 2.24) is 5.32 Å². The Balaban J connectivity index is 2.03. The summed E-state index contributed by atoms with van der Waals surface area (Å²) in [5.74, 6) is -0.384. The van der Waals surface area contributed by atoms with Crippen molar-refractivity contribution < 1.29 is 17.9 Å². The minimum atomic E-state index is -3.96. The highest BCUT2D eigenvalue weighted by Gasteiger charge is 2.59. The van der Waals surface area contributed by atoms with Crippen molar-refractivity contribution in [2.45, 2.75) is 41.7 Å². The Morgan fingerprint density at radius 3 is 2.48 bits per heavy atom. The lowest BCUT2D eigenvalue weighted by atomic mass is 9.77. The molecule has 1 aliphatic carbocycles. The Morgan fingerprint density at radius 2 is 1.92 bits per heavy atom. The summed E-state index contributed by atoms with van der Waals surface area (Å²) < 4.78 is 30.2. The molecule has 1 saturated heterocycles. The molecule has 2 aliphatic rings. The van der Waals surface area contributed by atoms with Gasteiger partial charge in [-0.25, -0.2) is 8.42 Å². The smallest absolute Gasteiger partial charge is 0.239 e. The lowest BCUT2D eigenvalue weighted by Crippen LogP contribution is -2.50. The summed E-state index contributed by atoms with van der Waals surface area (Å²) in [4.78, 5) is 12.4. The number of ether oxygens (including phenoxy) is 1. The van der Waals surface area contributed by atoms with E-state index in [4.69, 9.17) is 22.1 Å².